The Kier molecular flexibility index (Phi) is 6.66. The number of thioether (sulfide) groups is 1. The normalized spacial score (nSPS) is 16.5. The van der Waals surface area contributed by atoms with Gasteiger partial charge in [-0.25, -0.2) is 0 Å². The first kappa shape index (κ1) is 19.9. The molecule has 0 saturated carbocycles. The number of amides is 3. The van der Waals surface area contributed by atoms with E-state index in [4.69, 9.17) is 0 Å². The van der Waals surface area contributed by atoms with Crippen LogP contribution in [0.1, 0.15) is 30.4 Å². The quantitative estimate of drug-likeness (QED) is 0.720. The third-order valence-electron chi connectivity index (χ3n) is 4.49. The van der Waals surface area contributed by atoms with Gasteiger partial charge in [-0.05, 0) is 34.9 Å². The van der Waals surface area contributed by atoms with Gasteiger partial charge in [0.05, 0.1) is 4.91 Å². The molecule has 3 amide bonds. The predicted octanol–water partition coefficient (Wildman–Crippen LogP) is 4.03. The van der Waals surface area contributed by atoms with Crippen molar-refractivity contribution in [2.45, 2.75) is 19.3 Å². The monoisotopic (exact) mass is 394 g/mol. The van der Waals surface area contributed by atoms with E-state index in [1.165, 1.54) is 4.90 Å². The molecule has 5 nitrogen and oxygen atoms in total. The Morgan fingerprint density at radius 3 is 2.39 bits per heavy atom. The van der Waals surface area contributed by atoms with E-state index in [1.54, 1.807) is 6.08 Å². The number of carbonyl (C=O) groups is 3. The van der Waals surface area contributed by atoms with Crippen molar-refractivity contribution < 1.29 is 14.4 Å². The molecule has 2 aromatic carbocycles. The Morgan fingerprint density at radius 2 is 1.71 bits per heavy atom. The fourth-order valence-electron chi connectivity index (χ4n) is 2.95. The molecular weight excluding hydrogens is 372 g/mol. The molecule has 144 valence electrons. The summed E-state index contributed by atoms with van der Waals surface area (Å²) in [7, 11) is 0. The summed E-state index contributed by atoms with van der Waals surface area (Å²) in [6, 6.07) is 19.2. The van der Waals surface area contributed by atoms with Crippen molar-refractivity contribution in [3.8, 4) is 0 Å². The summed E-state index contributed by atoms with van der Waals surface area (Å²) in [4.78, 5) is 38.3. The Labute approximate surface area is 168 Å². The van der Waals surface area contributed by atoms with E-state index in [0.29, 0.717) is 11.3 Å². The minimum atomic E-state index is -0.314. The van der Waals surface area contributed by atoms with Gasteiger partial charge in [-0.2, -0.15) is 0 Å². The van der Waals surface area contributed by atoms with Crippen molar-refractivity contribution in [1.29, 1.82) is 0 Å². The average molecular weight is 394 g/mol. The molecule has 2 aromatic rings. The van der Waals surface area contributed by atoms with E-state index >= 15 is 0 Å². The first-order chi connectivity index (χ1) is 13.5. The van der Waals surface area contributed by atoms with Gasteiger partial charge in [-0.1, -0.05) is 67.6 Å². The number of imide groups is 1. The number of hydrogen-bond donors (Lipinski definition) is 1. The molecule has 0 radical (unpaired) electrons. The lowest BCUT2D eigenvalue weighted by Crippen LogP contribution is -2.37. The molecule has 0 aromatic heterocycles. The summed E-state index contributed by atoms with van der Waals surface area (Å²) in [6.45, 7) is 2.42. The van der Waals surface area contributed by atoms with Crippen LogP contribution in [0.15, 0.2) is 65.6 Å². The van der Waals surface area contributed by atoms with Crippen LogP contribution in [0.25, 0.3) is 6.08 Å². The van der Waals surface area contributed by atoms with Gasteiger partial charge in [-0.15, -0.1) is 0 Å². The maximum atomic E-state index is 12.5. The third kappa shape index (κ3) is 5.10. The Balaban J connectivity index is 1.49. The number of carbonyl (C=O) groups excluding carboxylic acids is 3. The first-order valence-electron chi connectivity index (χ1n) is 9.16. The van der Waals surface area contributed by atoms with E-state index < -0.39 is 0 Å². The van der Waals surface area contributed by atoms with Crippen LogP contribution < -0.4 is 5.32 Å². The summed E-state index contributed by atoms with van der Waals surface area (Å²) in [6.07, 6.45) is 2.07. The molecule has 1 fully saturated rings. The molecule has 0 bridgehead atoms. The fourth-order valence-corrected chi connectivity index (χ4v) is 3.82. The van der Waals surface area contributed by atoms with Gasteiger partial charge >= 0.3 is 0 Å². The van der Waals surface area contributed by atoms with Crippen LogP contribution in [0, 0.1) is 0 Å². The van der Waals surface area contributed by atoms with Crippen molar-refractivity contribution in [2.75, 3.05) is 13.1 Å². The highest BCUT2D eigenvalue weighted by Gasteiger charge is 2.34. The molecule has 0 aliphatic carbocycles. The molecule has 3 rings (SSSR count). The van der Waals surface area contributed by atoms with Crippen LogP contribution in [0.5, 0.6) is 0 Å². The maximum absolute atomic E-state index is 12.5. The summed E-state index contributed by atoms with van der Waals surface area (Å²) >= 11 is 0.929. The summed E-state index contributed by atoms with van der Waals surface area (Å²) in [5.41, 5.74) is 1.98. The van der Waals surface area contributed by atoms with Gasteiger partial charge in [0.2, 0.25) is 5.91 Å². The highest BCUT2D eigenvalue weighted by Crippen LogP contribution is 2.31. The van der Waals surface area contributed by atoms with Gasteiger partial charge in [0.1, 0.15) is 0 Å². The molecule has 1 heterocycles. The zero-order chi connectivity index (χ0) is 19.9. The van der Waals surface area contributed by atoms with Crippen molar-refractivity contribution in [1.82, 2.24) is 10.2 Å². The molecule has 28 heavy (non-hydrogen) atoms. The van der Waals surface area contributed by atoms with Crippen molar-refractivity contribution in [2.24, 2.45) is 0 Å². The Bertz CT molecular complexity index is 881. The third-order valence-corrected chi connectivity index (χ3v) is 5.40. The number of benzene rings is 2. The minimum absolute atomic E-state index is 0.0943. The molecule has 1 aliphatic heterocycles. The minimum Gasteiger partial charge on any atom is -0.354 e. The van der Waals surface area contributed by atoms with Crippen LogP contribution >= 0.6 is 11.8 Å². The summed E-state index contributed by atoms with van der Waals surface area (Å²) < 4.78 is 0. The lowest BCUT2D eigenvalue weighted by molar-refractivity contribution is -0.124. The highest BCUT2D eigenvalue weighted by molar-refractivity contribution is 8.18. The molecular formula is C22H22N2O3S. The predicted molar refractivity (Wildman–Crippen MR) is 112 cm³/mol. The van der Waals surface area contributed by atoms with E-state index in [9.17, 15) is 14.4 Å². The largest absolute Gasteiger partial charge is 0.354 e. The van der Waals surface area contributed by atoms with Crippen molar-refractivity contribution >= 4 is 34.9 Å². The van der Waals surface area contributed by atoms with Crippen LogP contribution in [-0.2, 0) is 9.59 Å². The second-order valence-corrected chi connectivity index (χ2v) is 7.60. The molecule has 1 N–H and O–H groups in total. The molecule has 0 spiro atoms. The van der Waals surface area contributed by atoms with Crippen molar-refractivity contribution in [3.05, 3.63) is 76.7 Å². The lowest BCUT2D eigenvalue weighted by atomic mass is 9.98. The Morgan fingerprint density at radius 1 is 1.07 bits per heavy atom. The molecule has 1 saturated heterocycles. The first-order valence-corrected chi connectivity index (χ1v) is 9.98. The maximum Gasteiger partial charge on any atom is 0.293 e. The zero-order valence-corrected chi connectivity index (χ0v) is 16.4. The molecule has 1 atom stereocenters. The van der Waals surface area contributed by atoms with Gasteiger partial charge in [0.15, 0.2) is 0 Å². The average Bonchev–Trinajstić information content (AvgIpc) is 2.96. The summed E-state index contributed by atoms with van der Waals surface area (Å²) in [5.74, 6) is -0.305. The van der Waals surface area contributed by atoms with Gasteiger partial charge < -0.3 is 5.32 Å². The highest BCUT2D eigenvalue weighted by atomic mass is 32.2. The second kappa shape index (κ2) is 9.37. The van der Waals surface area contributed by atoms with Crippen LogP contribution in [-0.4, -0.2) is 35.0 Å². The fraction of sp³-hybridized carbons (Fsp3) is 0.227. The van der Waals surface area contributed by atoms with Gasteiger partial charge in [0.25, 0.3) is 11.1 Å². The van der Waals surface area contributed by atoms with Gasteiger partial charge in [-0.3, -0.25) is 19.3 Å². The molecule has 0 unspecified atom stereocenters. The smallest absolute Gasteiger partial charge is 0.293 e. The van der Waals surface area contributed by atoms with E-state index in [-0.39, 0.29) is 36.1 Å². The van der Waals surface area contributed by atoms with Crippen LogP contribution in [0.3, 0.4) is 0 Å². The van der Waals surface area contributed by atoms with Crippen molar-refractivity contribution in [3.63, 3.8) is 0 Å². The number of nitrogens with zero attached hydrogens (tertiary/aromatic N) is 1. The SMILES string of the molecule is C[C@@H](CC(=O)NCCN1C(=O)S/C(=C/c2ccccc2)C1=O)c1ccccc1. The van der Waals surface area contributed by atoms with Crippen LogP contribution in [0.4, 0.5) is 4.79 Å². The summed E-state index contributed by atoms with van der Waals surface area (Å²) in [5, 5.41) is 2.50. The molecule has 6 heteroatoms. The number of nitrogens with one attached hydrogen (secondary N) is 1. The standard InChI is InChI=1S/C22H22N2O3S/c1-16(18-10-6-3-7-11-18)14-20(25)23-12-13-24-21(26)19(28-22(24)27)15-17-8-4-2-5-9-17/h2-11,15-16H,12-14H2,1H3,(H,23,25)/b19-15+/t16-/m0/s1. The number of rotatable bonds is 7. The van der Waals surface area contributed by atoms with E-state index in [0.717, 1.165) is 22.9 Å². The lowest BCUT2D eigenvalue weighted by Gasteiger charge is -2.15. The van der Waals surface area contributed by atoms with Gasteiger partial charge in [0, 0.05) is 19.5 Å². The zero-order valence-electron chi connectivity index (χ0n) is 15.6. The number of hydrogen-bond acceptors (Lipinski definition) is 4. The molecule has 1 aliphatic rings. The van der Waals surface area contributed by atoms with Crippen LogP contribution in [0.2, 0.25) is 0 Å². The topological polar surface area (TPSA) is 66.5 Å². The van der Waals surface area contributed by atoms with E-state index in [1.807, 2.05) is 67.6 Å². The Hall–Kier alpha value is -2.86. The second-order valence-electron chi connectivity index (χ2n) is 6.61. The van der Waals surface area contributed by atoms with E-state index in [2.05, 4.69) is 5.32 Å².